The predicted molar refractivity (Wildman–Crippen MR) is 77.1 cm³/mol. The van der Waals surface area contributed by atoms with Crippen molar-refractivity contribution in [2.45, 2.75) is 32.7 Å². The molecule has 0 radical (unpaired) electrons. The number of rotatable bonds is 7. The number of carbonyl (C=O) groups excluding carboxylic acids is 2. The lowest BCUT2D eigenvalue weighted by Crippen LogP contribution is -2.37. The van der Waals surface area contributed by atoms with Crippen molar-refractivity contribution in [1.82, 2.24) is 5.32 Å². The number of Topliss-reactive ketones (excluding diaryl/α,β-unsaturated/α-hetero) is 1. The molecule has 0 saturated carbocycles. The second-order valence-corrected chi connectivity index (χ2v) is 4.90. The van der Waals surface area contributed by atoms with E-state index in [-0.39, 0.29) is 23.5 Å². The van der Waals surface area contributed by atoms with Gasteiger partial charge in [0.25, 0.3) is 0 Å². The van der Waals surface area contributed by atoms with Gasteiger partial charge in [-0.15, -0.1) is 11.6 Å². The standard InChI is InChI=1S/C15H20ClNO2/c1-3-7-11(2)15(19)14(17-13(18)10-16)12-8-5-4-6-9-12/h4-6,8-9,11,14H,3,7,10H2,1-2H3,(H,17,18). The van der Waals surface area contributed by atoms with Crippen molar-refractivity contribution < 1.29 is 9.59 Å². The van der Waals surface area contributed by atoms with Gasteiger partial charge >= 0.3 is 0 Å². The van der Waals surface area contributed by atoms with Crippen molar-refractivity contribution in [3.63, 3.8) is 0 Å². The van der Waals surface area contributed by atoms with Gasteiger partial charge in [-0.1, -0.05) is 50.6 Å². The van der Waals surface area contributed by atoms with Gasteiger partial charge in [-0.25, -0.2) is 0 Å². The van der Waals surface area contributed by atoms with E-state index >= 15 is 0 Å². The summed E-state index contributed by atoms with van der Waals surface area (Å²) in [4.78, 5) is 23.9. The Morgan fingerprint density at radius 3 is 2.42 bits per heavy atom. The second kappa shape index (κ2) is 7.95. The minimum absolute atomic E-state index is 0.0338. The first kappa shape index (κ1) is 15.7. The van der Waals surface area contributed by atoms with Crippen LogP contribution in [0, 0.1) is 5.92 Å². The number of ketones is 1. The molecule has 4 heteroatoms. The van der Waals surface area contributed by atoms with Crippen LogP contribution in [0.15, 0.2) is 30.3 Å². The Balaban J connectivity index is 2.92. The van der Waals surface area contributed by atoms with E-state index in [1.807, 2.05) is 44.2 Å². The van der Waals surface area contributed by atoms with Gasteiger partial charge in [-0.05, 0) is 12.0 Å². The predicted octanol–water partition coefficient (Wildman–Crippen LogP) is 3.09. The van der Waals surface area contributed by atoms with Crippen molar-refractivity contribution in [1.29, 1.82) is 0 Å². The number of carbonyl (C=O) groups is 2. The zero-order valence-corrected chi connectivity index (χ0v) is 12.1. The largest absolute Gasteiger partial charge is 0.341 e. The third-order valence-electron chi connectivity index (χ3n) is 3.05. The molecule has 1 amide bonds. The molecule has 104 valence electrons. The number of benzene rings is 1. The second-order valence-electron chi connectivity index (χ2n) is 4.64. The summed E-state index contributed by atoms with van der Waals surface area (Å²) >= 11 is 5.51. The lowest BCUT2D eigenvalue weighted by molar-refractivity contribution is -0.129. The topological polar surface area (TPSA) is 46.2 Å². The molecule has 0 spiro atoms. The summed E-state index contributed by atoms with van der Waals surface area (Å²) in [7, 11) is 0. The SMILES string of the molecule is CCCC(C)C(=O)C(NC(=O)CCl)c1ccccc1. The average Bonchev–Trinajstić information content (AvgIpc) is 2.44. The molecule has 1 aromatic carbocycles. The molecule has 0 fully saturated rings. The smallest absolute Gasteiger partial charge is 0.235 e. The number of hydrogen-bond acceptors (Lipinski definition) is 2. The maximum Gasteiger partial charge on any atom is 0.235 e. The molecule has 1 N–H and O–H groups in total. The van der Waals surface area contributed by atoms with E-state index in [1.54, 1.807) is 0 Å². The summed E-state index contributed by atoms with van der Waals surface area (Å²) in [5, 5.41) is 2.70. The number of halogens is 1. The number of alkyl halides is 1. The number of hydrogen-bond donors (Lipinski definition) is 1. The lowest BCUT2D eigenvalue weighted by Gasteiger charge is -2.21. The number of nitrogens with one attached hydrogen (secondary N) is 1. The molecule has 0 aliphatic rings. The van der Waals surface area contributed by atoms with Gasteiger partial charge in [0.2, 0.25) is 5.91 Å². The molecule has 1 rings (SSSR count). The van der Waals surface area contributed by atoms with Crippen molar-refractivity contribution in [2.24, 2.45) is 5.92 Å². The average molecular weight is 282 g/mol. The lowest BCUT2D eigenvalue weighted by atomic mass is 9.91. The highest BCUT2D eigenvalue weighted by Crippen LogP contribution is 2.20. The Morgan fingerprint density at radius 1 is 1.26 bits per heavy atom. The van der Waals surface area contributed by atoms with E-state index in [4.69, 9.17) is 11.6 Å². The summed E-state index contributed by atoms with van der Waals surface area (Å²) in [6.45, 7) is 3.94. The van der Waals surface area contributed by atoms with Gasteiger partial charge in [0, 0.05) is 5.92 Å². The van der Waals surface area contributed by atoms with E-state index in [0.717, 1.165) is 18.4 Å². The Morgan fingerprint density at radius 2 is 1.89 bits per heavy atom. The first-order chi connectivity index (χ1) is 9.10. The molecule has 0 heterocycles. The zero-order valence-electron chi connectivity index (χ0n) is 11.4. The van der Waals surface area contributed by atoms with Crippen LogP contribution in [0.3, 0.4) is 0 Å². The molecule has 0 bridgehead atoms. The van der Waals surface area contributed by atoms with Crippen LogP contribution < -0.4 is 5.32 Å². The van der Waals surface area contributed by atoms with Gasteiger partial charge < -0.3 is 5.32 Å². The third-order valence-corrected chi connectivity index (χ3v) is 3.29. The molecule has 3 nitrogen and oxygen atoms in total. The minimum atomic E-state index is -0.603. The fourth-order valence-corrected chi connectivity index (χ4v) is 2.10. The fraction of sp³-hybridized carbons (Fsp3) is 0.467. The molecule has 2 atom stereocenters. The summed E-state index contributed by atoms with van der Waals surface area (Å²) < 4.78 is 0. The van der Waals surface area contributed by atoms with Crippen LogP contribution in [-0.2, 0) is 9.59 Å². The number of amides is 1. The van der Waals surface area contributed by atoms with Crippen LogP contribution in [0.5, 0.6) is 0 Å². The maximum absolute atomic E-state index is 12.4. The highest BCUT2D eigenvalue weighted by Gasteiger charge is 2.26. The van der Waals surface area contributed by atoms with Crippen molar-refractivity contribution in [3.05, 3.63) is 35.9 Å². The summed E-state index contributed by atoms with van der Waals surface area (Å²) in [6.07, 6.45) is 1.76. The van der Waals surface area contributed by atoms with Crippen molar-refractivity contribution in [2.75, 3.05) is 5.88 Å². The van der Waals surface area contributed by atoms with Crippen LogP contribution in [0.1, 0.15) is 38.3 Å². The van der Waals surface area contributed by atoms with Crippen LogP contribution in [-0.4, -0.2) is 17.6 Å². The normalized spacial score (nSPS) is 13.6. The van der Waals surface area contributed by atoms with Crippen molar-refractivity contribution >= 4 is 23.3 Å². The van der Waals surface area contributed by atoms with Crippen molar-refractivity contribution in [3.8, 4) is 0 Å². The molecular weight excluding hydrogens is 262 g/mol. The molecule has 19 heavy (non-hydrogen) atoms. The summed E-state index contributed by atoms with van der Waals surface area (Å²) in [5.41, 5.74) is 0.800. The molecular formula is C15H20ClNO2. The molecule has 0 aliphatic heterocycles. The van der Waals surface area contributed by atoms with Gasteiger partial charge in [-0.3, -0.25) is 9.59 Å². The molecule has 0 saturated heterocycles. The highest BCUT2D eigenvalue weighted by molar-refractivity contribution is 6.27. The van der Waals surface area contributed by atoms with E-state index in [0.29, 0.717) is 0 Å². The Bertz CT molecular complexity index is 419. The summed E-state index contributed by atoms with van der Waals surface area (Å²) in [6, 6.07) is 8.67. The van der Waals surface area contributed by atoms with E-state index in [9.17, 15) is 9.59 Å². The third kappa shape index (κ3) is 4.67. The molecule has 2 unspecified atom stereocenters. The van der Waals surface area contributed by atoms with Crippen LogP contribution >= 0.6 is 11.6 Å². The van der Waals surface area contributed by atoms with E-state index in [2.05, 4.69) is 5.32 Å². The highest BCUT2D eigenvalue weighted by atomic mass is 35.5. The van der Waals surface area contributed by atoms with E-state index < -0.39 is 6.04 Å². The maximum atomic E-state index is 12.4. The molecule has 0 aliphatic carbocycles. The first-order valence-corrected chi connectivity index (χ1v) is 7.07. The summed E-state index contributed by atoms with van der Waals surface area (Å²) in [5.74, 6) is -0.511. The monoisotopic (exact) mass is 281 g/mol. The van der Waals surface area contributed by atoms with Gasteiger partial charge in [0.05, 0.1) is 0 Å². The quantitative estimate of drug-likeness (QED) is 0.781. The Hall–Kier alpha value is -1.35. The van der Waals surface area contributed by atoms with Gasteiger partial charge in [0.15, 0.2) is 5.78 Å². The fourth-order valence-electron chi connectivity index (χ4n) is 2.02. The molecule has 0 aromatic heterocycles. The van der Waals surface area contributed by atoms with Gasteiger partial charge in [0.1, 0.15) is 11.9 Å². The first-order valence-electron chi connectivity index (χ1n) is 6.54. The Labute approximate surface area is 119 Å². The van der Waals surface area contributed by atoms with Crippen LogP contribution in [0.2, 0.25) is 0 Å². The van der Waals surface area contributed by atoms with Crippen LogP contribution in [0.25, 0.3) is 0 Å². The molecule has 1 aromatic rings. The Kier molecular flexibility index (Phi) is 6.57. The minimum Gasteiger partial charge on any atom is -0.341 e. The van der Waals surface area contributed by atoms with E-state index in [1.165, 1.54) is 0 Å². The zero-order chi connectivity index (χ0) is 14.3. The van der Waals surface area contributed by atoms with Crippen LogP contribution in [0.4, 0.5) is 0 Å². The van der Waals surface area contributed by atoms with Gasteiger partial charge in [-0.2, -0.15) is 0 Å².